The summed E-state index contributed by atoms with van der Waals surface area (Å²) in [4.78, 5) is 4.51. The molecular weight excluding hydrogens is 330 g/mol. The quantitative estimate of drug-likeness (QED) is 0.888. The van der Waals surface area contributed by atoms with Gasteiger partial charge in [-0.25, -0.2) is 0 Å². The van der Waals surface area contributed by atoms with E-state index in [1.807, 2.05) is 18.2 Å². The highest BCUT2D eigenvalue weighted by Gasteiger charge is 2.24. The fourth-order valence-corrected chi connectivity index (χ4v) is 3.14. The number of methoxy groups -OCH3 is 2. The number of rotatable bonds is 5. The molecule has 0 saturated heterocycles. The highest BCUT2D eigenvalue weighted by Crippen LogP contribution is 2.32. The van der Waals surface area contributed by atoms with E-state index in [4.69, 9.17) is 19.7 Å². The molecule has 2 unspecified atom stereocenters. The molecule has 0 amide bonds. The van der Waals surface area contributed by atoms with Crippen molar-refractivity contribution in [3.63, 3.8) is 0 Å². The number of ether oxygens (including phenoxy) is 2. The summed E-state index contributed by atoms with van der Waals surface area (Å²) in [5, 5.41) is 4.08. The average molecular weight is 354 g/mol. The number of aromatic nitrogens is 2. The zero-order valence-electron chi connectivity index (χ0n) is 14.0. The van der Waals surface area contributed by atoms with Gasteiger partial charge in [-0.3, -0.25) is 0 Å². The Labute approximate surface area is 148 Å². The lowest BCUT2D eigenvalue weighted by atomic mass is 9.83. The van der Waals surface area contributed by atoms with Crippen LogP contribution in [0.2, 0.25) is 0 Å². The summed E-state index contributed by atoms with van der Waals surface area (Å²) >= 11 is 0. The van der Waals surface area contributed by atoms with Crippen LogP contribution in [0.5, 0.6) is 11.5 Å². The highest BCUT2D eigenvalue weighted by molar-refractivity contribution is 5.85. The van der Waals surface area contributed by atoms with E-state index < -0.39 is 0 Å². The van der Waals surface area contributed by atoms with Crippen LogP contribution in [0.25, 0.3) is 11.4 Å². The second-order valence-electron chi connectivity index (χ2n) is 5.99. The third-order valence-electron chi connectivity index (χ3n) is 4.51. The number of hydrogen-bond donors (Lipinski definition) is 1. The van der Waals surface area contributed by atoms with Gasteiger partial charge in [-0.15, -0.1) is 12.4 Å². The minimum Gasteiger partial charge on any atom is -0.493 e. The molecule has 1 aliphatic rings. The van der Waals surface area contributed by atoms with Gasteiger partial charge in [-0.05, 0) is 37.0 Å². The van der Waals surface area contributed by atoms with E-state index in [0.29, 0.717) is 29.1 Å². The second kappa shape index (κ2) is 8.35. The molecule has 0 bridgehead atoms. The van der Waals surface area contributed by atoms with Gasteiger partial charge >= 0.3 is 0 Å². The van der Waals surface area contributed by atoms with Crippen LogP contribution in [0.4, 0.5) is 0 Å². The lowest BCUT2D eigenvalue weighted by Gasteiger charge is -2.27. The normalized spacial score (nSPS) is 20.3. The number of hydrogen-bond acceptors (Lipinski definition) is 6. The lowest BCUT2D eigenvalue weighted by molar-refractivity contribution is 0.273. The topological polar surface area (TPSA) is 83.4 Å². The Morgan fingerprint density at radius 1 is 1.17 bits per heavy atom. The Hall–Kier alpha value is -1.79. The Bertz CT molecular complexity index is 662. The fourth-order valence-electron chi connectivity index (χ4n) is 3.14. The molecule has 3 rings (SSSR count). The molecule has 1 aromatic heterocycles. The fraction of sp³-hybridized carbons (Fsp3) is 0.529. The van der Waals surface area contributed by atoms with Crippen molar-refractivity contribution in [2.45, 2.75) is 38.1 Å². The predicted octanol–water partition coefficient (Wildman–Crippen LogP) is 3.24. The Kier molecular flexibility index (Phi) is 6.45. The molecule has 2 aromatic rings. The first-order valence-corrected chi connectivity index (χ1v) is 8.02. The number of benzene rings is 1. The van der Waals surface area contributed by atoms with Gasteiger partial charge < -0.3 is 19.7 Å². The molecule has 0 radical (unpaired) electrons. The van der Waals surface area contributed by atoms with Crippen molar-refractivity contribution in [1.29, 1.82) is 0 Å². The van der Waals surface area contributed by atoms with Crippen molar-refractivity contribution in [1.82, 2.24) is 10.1 Å². The van der Waals surface area contributed by atoms with Gasteiger partial charge in [-0.1, -0.05) is 18.0 Å². The molecule has 7 heteroatoms. The third kappa shape index (κ3) is 3.99. The van der Waals surface area contributed by atoms with Gasteiger partial charge in [0.25, 0.3) is 0 Å². The van der Waals surface area contributed by atoms with Crippen LogP contribution in [0.3, 0.4) is 0 Å². The maximum Gasteiger partial charge on any atom is 0.227 e. The monoisotopic (exact) mass is 353 g/mol. The third-order valence-corrected chi connectivity index (χ3v) is 4.51. The molecule has 6 nitrogen and oxygen atoms in total. The molecule has 1 fully saturated rings. The average Bonchev–Trinajstić information content (AvgIpc) is 3.05. The summed E-state index contributed by atoms with van der Waals surface area (Å²) in [6.45, 7) is 0. The molecule has 132 valence electrons. The maximum absolute atomic E-state index is 6.19. The van der Waals surface area contributed by atoms with Crippen molar-refractivity contribution >= 4 is 12.4 Å². The number of nitrogens with two attached hydrogens (primary N) is 1. The van der Waals surface area contributed by atoms with Crippen LogP contribution < -0.4 is 15.2 Å². The summed E-state index contributed by atoms with van der Waals surface area (Å²) in [6, 6.07) is 5.81. The zero-order valence-corrected chi connectivity index (χ0v) is 14.8. The van der Waals surface area contributed by atoms with Crippen molar-refractivity contribution in [2.75, 3.05) is 14.2 Å². The molecule has 2 atom stereocenters. The molecule has 2 N–H and O–H groups in total. The van der Waals surface area contributed by atoms with E-state index in [2.05, 4.69) is 10.1 Å². The summed E-state index contributed by atoms with van der Waals surface area (Å²) in [7, 11) is 3.21. The maximum atomic E-state index is 6.19. The smallest absolute Gasteiger partial charge is 0.227 e. The second-order valence-corrected chi connectivity index (χ2v) is 5.99. The zero-order chi connectivity index (χ0) is 16.2. The largest absolute Gasteiger partial charge is 0.493 e. The van der Waals surface area contributed by atoms with Crippen molar-refractivity contribution in [2.24, 2.45) is 11.7 Å². The van der Waals surface area contributed by atoms with Gasteiger partial charge in [0.1, 0.15) is 0 Å². The first kappa shape index (κ1) is 18.5. The van der Waals surface area contributed by atoms with Gasteiger partial charge in [0.05, 0.1) is 14.2 Å². The molecule has 1 aromatic carbocycles. The molecule has 1 aliphatic carbocycles. The van der Waals surface area contributed by atoms with E-state index in [9.17, 15) is 0 Å². The van der Waals surface area contributed by atoms with Crippen LogP contribution in [-0.2, 0) is 6.42 Å². The Morgan fingerprint density at radius 3 is 2.62 bits per heavy atom. The predicted molar refractivity (Wildman–Crippen MR) is 93.7 cm³/mol. The SMILES string of the molecule is COc1ccc(-c2noc(CC3CCCCC3N)n2)cc1OC.Cl. The summed E-state index contributed by atoms with van der Waals surface area (Å²) in [5.41, 5.74) is 7.03. The molecular formula is C17H24ClN3O3. The van der Waals surface area contributed by atoms with E-state index in [1.54, 1.807) is 14.2 Å². The number of halogens is 1. The molecule has 0 aliphatic heterocycles. The molecule has 24 heavy (non-hydrogen) atoms. The Morgan fingerprint density at radius 2 is 1.92 bits per heavy atom. The van der Waals surface area contributed by atoms with Gasteiger partial charge in [-0.2, -0.15) is 4.98 Å². The van der Waals surface area contributed by atoms with Crippen molar-refractivity contribution < 1.29 is 14.0 Å². The van der Waals surface area contributed by atoms with Gasteiger partial charge in [0.2, 0.25) is 11.7 Å². The molecule has 1 heterocycles. The van der Waals surface area contributed by atoms with E-state index in [1.165, 1.54) is 12.8 Å². The van der Waals surface area contributed by atoms with Gasteiger partial charge in [0, 0.05) is 18.0 Å². The first-order chi connectivity index (χ1) is 11.2. The van der Waals surface area contributed by atoms with E-state index in [0.717, 1.165) is 24.8 Å². The van der Waals surface area contributed by atoms with Gasteiger partial charge in [0.15, 0.2) is 11.5 Å². The standard InChI is InChI=1S/C17H23N3O3.ClH/c1-21-14-8-7-12(9-15(14)22-2)17-19-16(23-20-17)10-11-5-3-4-6-13(11)18;/h7-9,11,13H,3-6,10,18H2,1-2H3;1H. The Balaban J connectivity index is 0.00000208. The van der Waals surface area contributed by atoms with Crippen LogP contribution in [0.1, 0.15) is 31.6 Å². The van der Waals surface area contributed by atoms with E-state index >= 15 is 0 Å². The van der Waals surface area contributed by atoms with Crippen LogP contribution in [0, 0.1) is 5.92 Å². The molecule has 0 spiro atoms. The first-order valence-electron chi connectivity index (χ1n) is 8.02. The lowest BCUT2D eigenvalue weighted by Crippen LogP contribution is -2.34. The van der Waals surface area contributed by atoms with Crippen molar-refractivity contribution in [3.8, 4) is 22.9 Å². The minimum atomic E-state index is 0. The number of nitrogens with zero attached hydrogens (tertiary/aromatic N) is 2. The van der Waals surface area contributed by atoms with Crippen LogP contribution >= 0.6 is 12.4 Å². The summed E-state index contributed by atoms with van der Waals surface area (Å²) in [6.07, 6.45) is 5.42. The van der Waals surface area contributed by atoms with Crippen molar-refractivity contribution in [3.05, 3.63) is 24.1 Å². The minimum absolute atomic E-state index is 0. The highest BCUT2D eigenvalue weighted by atomic mass is 35.5. The van der Waals surface area contributed by atoms with E-state index in [-0.39, 0.29) is 18.4 Å². The summed E-state index contributed by atoms with van der Waals surface area (Å²) < 4.78 is 16.0. The summed E-state index contributed by atoms with van der Waals surface area (Å²) in [5.74, 6) is 2.96. The van der Waals surface area contributed by atoms with Crippen LogP contribution in [0.15, 0.2) is 22.7 Å². The molecule has 1 saturated carbocycles. The van der Waals surface area contributed by atoms with Crippen LogP contribution in [-0.4, -0.2) is 30.4 Å².